The summed E-state index contributed by atoms with van der Waals surface area (Å²) in [4.78, 5) is 12.2. The molecular weight excluding hydrogens is 266 g/mol. The molecule has 1 unspecified atom stereocenters. The first-order valence-corrected chi connectivity index (χ1v) is 7.66. The quantitative estimate of drug-likeness (QED) is 0.785. The maximum absolute atomic E-state index is 12.2. The lowest BCUT2D eigenvalue weighted by Gasteiger charge is -2.27. The lowest BCUT2D eigenvalue weighted by Crippen LogP contribution is -2.55. The van der Waals surface area contributed by atoms with Gasteiger partial charge in [0.2, 0.25) is 0 Å². The predicted octanol–water partition coefficient (Wildman–Crippen LogP) is 2.86. The largest absolute Gasteiger partial charge is 0.491 e. The van der Waals surface area contributed by atoms with E-state index >= 15 is 0 Å². The fourth-order valence-electron chi connectivity index (χ4n) is 2.49. The molecule has 1 aliphatic rings. The second kappa shape index (κ2) is 6.48. The number of para-hydroxylation sites is 1. The van der Waals surface area contributed by atoms with Gasteiger partial charge in [0.15, 0.2) is 5.54 Å². The lowest BCUT2D eigenvalue weighted by atomic mass is 9.95. The molecule has 116 valence electrons. The van der Waals surface area contributed by atoms with E-state index in [9.17, 15) is 4.79 Å². The van der Waals surface area contributed by atoms with Crippen LogP contribution in [0.25, 0.3) is 0 Å². The molecule has 1 atom stereocenters. The number of hydrogen-bond acceptors (Lipinski definition) is 4. The van der Waals surface area contributed by atoms with Crippen LogP contribution in [0.3, 0.4) is 0 Å². The maximum Gasteiger partial charge on any atom is 0.329 e. The standard InChI is InChI=1S/C17H25NO3/c1-4-20-16(19)17(18,13-9-10-13)11-21-15-8-6-5-7-14(15)12(2)3/h5-8,12-13H,4,9-11,18H2,1-3H3. The van der Waals surface area contributed by atoms with Crippen molar-refractivity contribution in [3.05, 3.63) is 29.8 Å². The van der Waals surface area contributed by atoms with Gasteiger partial charge >= 0.3 is 5.97 Å². The molecule has 1 aromatic carbocycles. The van der Waals surface area contributed by atoms with Crippen LogP contribution in [0.5, 0.6) is 5.75 Å². The summed E-state index contributed by atoms with van der Waals surface area (Å²) >= 11 is 0. The van der Waals surface area contributed by atoms with Gasteiger partial charge in [-0.2, -0.15) is 0 Å². The normalized spacial score (nSPS) is 17.4. The van der Waals surface area contributed by atoms with E-state index in [1.54, 1.807) is 6.92 Å². The monoisotopic (exact) mass is 291 g/mol. The van der Waals surface area contributed by atoms with Crippen molar-refractivity contribution in [2.75, 3.05) is 13.2 Å². The van der Waals surface area contributed by atoms with Crippen LogP contribution in [0.2, 0.25) is 0 Å². The molecule has 0 aromatic heterocycles. The van der Waals surface area contributed by atoms with E-state index in [0.29, 0.717) is 12.5 Å². The lowest BCUT2D eigenvalue weighted by molar-refractivity contribution is -0.152. The van der Waals surface area contributed by atoms with Gasteiger partial charge in [0.1, 0.15) is 12.4 Å². The number of ether oxygens (including phenoxy) is 2. The van der Waals surface area contributed by atoms with Gasteiger partial charge in [-0.25, -0.2) is 4.79 Å². The second-order valence-corrected chi connectivity index (χ2v) is 6.02. The Balaban J connectivity index is 2.11. The molecule has 1 aromatic rings. The summed E-state index contributed by atoms with van der Waals surface area (Å²) in [6, 6.07) is 7.89. The Hall–Kier alpha value is -1.55. The van der Waals surface area contributed by atoms with Crippen LogP contribution in [-0.4, -0.2) is 24.7 Å². The average Bonchev–Trinajstić information content (AvgIpc) is 3.30. The van der Waals surface area contributed by atoms with Crippen LogP contribution in [-0.2, 0) is 9.53 Å². The first-order valence-electron chi connectivity index (χ1n) is 7.66. The van der Waals surface area contributed by atoms with E-state index in [-0.39, 0.29) is 18.5 Å². The van der Waals surface area contributed by atoms with Crippen LogP contribution in [0.1, 0.15) is 45.1 Å². The highest BCUT2D eigenvalue weighted by atomic mass is 16.5. The van der Waals surface area contributed by atoms with Crippen molar-refractivity contribution in [1.82, 2.24) is 0 Å². The van der Waals surface area contributed by atoms with Crippen molar-refractivity contribution >= 4 is 5.97 Å². The maximum atomic E-state index is 12.2. The average molecular weight is 291 g/mol. The van der Waals surface area contributed by atoms with Crippen molar-refractivity contribution in [1.29, 1.82) is 0 Å². The van der Waals surface area contributed by atoms with E-state index in [1.165, 1.54) is 0 Å². The molecule has 2 rings (SSSR count). The number of carbonyl (C=O) groups is 1. The summed E-state index contributed by atoms with van der Waals surface area (Å²) in [7, 11) is 0. The first kappa shape index (κ1) is 15.8. The molecule has 0 bridgehead atoms. The molecule has 0 heterocycles. The highest BCUT2D eigenvalue weighted by molar-refractivity contribution is 5.81. The van der Waals surface area contributed by atoms with Crippen LogP contribution in [0.4, 0.5) is 0 Å². The third kappa shape index (κ3) is 3.56. The Labute approximate surface area is 126 Å². The Morgan fingerprint density at radius 3 is 2.62 bits per heavy atom. The zero-order chi connectivity index (χ0) is 15.5. The first-order chi connectivity index (χ1) is 9.99. The van der Waals surface area contributed by atoms with Gasteiger partial charge in [0, 0.05) is 0 Å². The summed E-state index contributed by atoms with van der Waals surface area (Å²) in [6.07, 6.45) is 1.93. The summed E-state index contributed by atoms with van der Waals surface area (Å²) in [5.41, 5.74) is 6.40. The van der Waals surface area contributed by atoms with Crippen LogP contribution in [0.15, 0.2) is 24.3 Å². The summed E-state index contributed by atoms with van der Waals surface area (Å²) in [5.74, 6) is 0.974. The minimum absolute atomic E-state index is 0.167. The highest BCUT2D eigenvalue weighted by Gasteiger charge is 2.50. The number of rotatable bonds is 7. The van der Waals surface area contributed by atoms with Gasteiger partial charge in [-0.1, -0.05) is 32.0 Å². The van der Waals surface area contributed by atoms with Gasteiger partial charge in [0.25, 0.3) is 0 Å². The molecule has 2 N–H and O–H groups in total. The number of benzene rings is 1. The third-order valence-corrected chi connectivity index (χ3v) is 3.97. The number of esters is 1. The zero-order valence-corrected chi connectivity index (χ0v) is 13.1. The van der Waals surface area contributed by atoms with E-state index in [0.717, 1.165) is 24.2 Å². The SMILES string of the molecule is CCOC(=O)C(N)(COc1ccccc1C(C)C)C1CC1. The van der Waals surface area contributed by atoms with Crippen molar-refractivity contribution < 1.29 is 14.3 Å². The molecule has 0 aliphatic heterocycles. The van der Waals surface area contributed by atoms with E-state index < -0.39 is 5.54 Å². The smallest absolute Gasteiger partial charge is 0.329 e. The Morgan fingerprint density at radius 2 is 2.05 bits per heavy atom. The van der Waals surface area contributed by atoms with Gasteiger partial charge in [-0.05, 0) is 43.2 Å². The van der Waals surface area contributed by atoms with Gasteiger partial charge in [-0.3, -0.25) is 0 Å². The molecule has 0 saturated heterocycles. The molecule has 0 radical (unpaired) electrons. The number of hydrogen-bond donors (Lipinski definition) is 1. The molecule has 4 heteroatoms. The number of nitrogens with two attached hydrogens (primary N) is 1. The molecule has 0 amide bonds. The molecular formula is C17H25NO3. The van der Waals surface area contributed by atoms with Crippen molar-refractivity contribution in [2.24, 2.45) is 11.7 Å². The summed E-state index contributed by atoms with van der Waals surface area (Å²) < 4.78 is 11.0. The Morgan fingerprint density at radius 1 is 1.38 bits per heavy atom. The second-order valence-electron chi connectivity index (χ2n) is 6.02. The molecule has 21 heavy (non-hydrogen) atoms. The zero-order valence-electron chi connectivity index (χ0n) is 13.1. The third-order valence-electron chi connectivity index (χ3n) is 3.97. The summed E-state index contributed by atoms with van der Waals surface area (Å²) in [5, 5.41) is 0. The highest BCUT2D eigenvalue weighted by Crippen LogP contribution is 2.39. The molecule has 4 nitrogen and oxygen atoms in total. The molecule has 1 aliphatic carbocycles. The van der Waals surface area contributed by atoms with Crippen LogP contribution < -0.4 is 10.5 Å². The Bertz CT molecular complexity index is 497. The van der Waals surface area contributed by atoms with Gasteiger partial charge in [-0.15, -0.1) is 0 Å². The van der Waals surface area contributed by atoms with E-state index in [2.05, 4.69) is 13.8 Å². The van der Waals surface area contributed by atoms with Crippen molar-refractivity contribution in [2.45, 2.75) is 45.1 Å². The molecule has 1 saturated carbocycles. The predicted molar refractivity (Wildman–Crippen MR) is 82.3 cm³/mol. The molecule has 0 spiro atoms. The van der Waals surface area contributed by atoms with Gasteiger partial charge < -0.3 is 15.2 Å². The fraction of sp³-hybridized carbons (Fsp3) is 0.588. The van der Waals surface area contributed by atoms with E-state index in [4.69, 9.17) is 15.2 Å². The van der Waals surface area contributed by atoms with Crippen LogP contribution in [0, 0.1) is 5.92 Å². The van der Waals surface area contributed by atoms with Crippen molar-refractivity contribution in [3.8, 4) is 5.75 Å². The van der Waals surface area contributed by atoms with Crippen LogP contribution >= 0.6 is 0 Å². The Kier molecular flexibility index (Phi) is 4.88. The fourth-order valence-corrected chi connectivity index (χ4v) is 2.49. The number of carbonyl (C=O) groups excluding carboxylic acids is 1. The molecule has 1 fully saturated rings. The topological polar surface area (TPSA) is 61.5 Å². The minimum Gasteiger partial charge on any atom is -0.491 e. The summed E-state index contributed by atoms with van der Waals surface area (Å²) in [6.45, 7) is 6.53. The van der Waals surface area contributed by atoms with Gasteiger partial charge in [0.05, 0.1) is 6.61 Å². The van der Waals surface area contributed by atoms with Crippen molar-refractivity contribution in [3.63, 3.8) is 0 Å². The van der Waals surface area contributed by atoms with E-state index in [1.807, 2.05) is 24.3 Å². The minimum atomic E-state index is -1.03.